The second kappa shape index (κ2) is 6.33. The third-order valence-corrected chi connectivity index (χ3v) is 3.61. The molecule has 20 heavy (non-hydrogen) atoms. The summed E-state index contributed by atoms with van der Waals surface area (Å²) in [5.41, 5.74) is -0.0427. The van der Waals surface area contributed by atoms with Gasteiger partial charge in [0.05, 0.1) is 6.54 Å². The van der Waals surface area contributed by atoms with Crippen LogP contribution in [-0.2, 0) is 11.3 Å². The van der Waals surface area contributed by atoms with Gasteiger partial charge in [0.15, 0.2) is 5.69 Å². The van der Waals surface area contributed by atoms with Crippen LogP contribution in [0.3, 0.4) is 0 Å². The normalized spacial score (nSPS) is 18.2. The Morgan fingerprint density at radius 1 is 1.55 bits per heavy atom. The van der Waals surface area contributed by atoms with E-state index in [4.69, 9.17) is 5.11 Å². The zero-order chi connectivity index (χ0) is 14.5. The number of carbonyl (C=O) groups is 3. The van der Waals surface area contributed by atoms with Crippen LogP contribution in [-0.4, -0.2) is 40.6 Å². The number of hydrogen-bond donors (Lipinski definition) is 4. The molecular weight excluding hydrogens is 284 g/mol. The summed E-state index contributed by atoms with van der Waals surface area (Å²) in [6, 6.07) is -0.992. The molecule has 0 aliphatic carbocycles. The molecule has 0 aromatic carbocycles. The molecule has 108 valence electrons. The number of nitrogens with one attached hydrogen (secondary N) is 3. The summed E-state index contributed by atoms with van der Waals surface area (Å²) in [5.74, 6) is -1.29. The molecule has 1 unspecified atom stereocenters. The van der Waals surface area contributed by atoms with E-state index < -0.39 is 18.0 Å². The third kappa shape index (κ3) is 3.67. The number of carboxylic acids is 1. The Hall–Kier alpha value is -2.16. The number of thiazole rings is 1. The number of carbonyl (C=O) groups excluding carboxylic acids is 2. The van der Waals surface area contributed by atoms with E-state index in [2.05, 4.69) is 20.9 Å². The van der Waals surface area contributed by atoms with E-state index in [-0.39, 0.29) is 18.1 Å². The Bertz CT molecular complexity index is 530. The van der Waals surface area contributed by atoms with Crippen molar-refractivity contribution in [3.8, 4) is 0 Å². The van der Waals surface area contributed by atoms with Gasteiger partial charge < -0.3 is 21.1 Å². The van der Waals surface area contributed by atoms with E-state index in [1.54, 1.807) is 0 Å². The first kappa shape index (κ1) is 14.3. The van der Waals surface area contributed by atoms with Crippen molar-refractivity contribution in [3.63, 3.8) is 0 Å². The summed E-state index contributed by atoms with van der Waals surface area (Å²) in [4.78, 5) is 37.6. The maximum atomic E-state index is 11.6. The Morgan fingerprint density at radius 3 is 3.00 bits per heavy atom. The summed E-state index contributed by atoms with van der Waals surface area (Å²) >= 11 is 1.15. The predicted octanol–water partition coefficient (Wildman–Crippen LogP) is -0.0809. The van der Waals surface area contributed by atoms with Crippen LogP contribution >= 0.6 is 11.3 Å². The highest BCUT2D eigenvalue weighted by Crippen LogP contribution is 2.09. The van der Waals surface area contributed by atoms with Gasteiger partial charge in [0.25, 0.3) is 0 Å². The fraction of sp³-hybridized carbons (Fsp3) is 0.455. The van der Waals surface area contributed by atoms with Crippen molar-refractivity contribution in [2.24, 2.45) is 0 Å². The summed E-state index contributed by atoms with van der Waals surface area (Å²) in [5, 5.41) is 18.4. The Balaban J connectivity index is 1.79. The van der Waals surface area contributed by atoms with Crippen molar-refractivity contribution >= 4 is 29.2 Å². The Kier molecular flexibility index (Phi) is 4.51. The summed E-state index contributed by atoms with van der Waals surface area (Å²) < 4.78 is 0. The van der Waals surface area contributed by atoms with Crippen LogP contribution in [0.25, 0.3) is 0 Å². The van der Waals surface area contributed by atoms with Gasteiger partial charge in [-0.25, -0.2) is 14.6 Å². The van der Waals surface area contributed by atoms with E-state index >= 15 is 0 Å². The highest BCUT2D eigenvalue weighted by Gasteiger charge is 2.23. The van der Waals surface area contributed by atoms with Crippen LogP contribution in [0.4, 0.5) is 4.79 Å². The molecule has 8 nitrogen and oxygen atoms in total. The van der Waals surface area contributed by atoms with Gasteiger partial charge in [-0.05, 0) is 12.8 Å². The SMILES string of the molecule is O=C(NCc1nc(C(=O)O)cs1)NC1CCCNC1=O. The minimum absolute atomic E-state index is 0.0427. The molecule has 1 aromatic rings. The first-order valence-corrected chi connectivity index (χ1v) is 6.94. The van der Waals surface area contributed by atoms with Crippen LogP contribution < -0.4 is 16.0 Å². The minimum Gasteiger partial charge on any atom is -0.476 e. The monoisotopic (exact) mass is 298 g/mol. The van der Waals surface area contributed by atoms with Crippen molar-refractivity contribution in [1.29, 1.82) is 0 Å². The van der Waals surface area contributed by atoms with Gasteiger partial charge in [-0.3, -0.25) is 4.79 Å². The lowest BCUT2D eigenvalue weighted by Gasteiger charge is -2.22. The lowest BCUT2D eigenvalue weighted by molar-refractivity contribution is -0.124. The second-order valence-corrected chi connectivity index (χ2v) is 5.19. The van der Waals surface area contributed by atoms with Gasteiger partial charge in [0.1, 0.15) is 11.0 Å². The van der Waals surface area contributed by atoms with Crippen molar-refractivity contribution < 1.29 is 19.5 Å². The van der Waals surface area contributed by atoms with Gasteiger partial charge in [-0.2, -0.15) is 0 Å². The molecule has 1 saturated heterocycles. The number of nitrogens with zero attached hydrogens (tertiary/aromatic N) is 1. The van der Waals surface area contributed by atoms with Crippen LogP contribution in [0.15, 0.2) is 5.38 Å². The number of aromatic nitrogens is 1. The largest absolute Gasteiger partial charge is 0.476 e. The molecule has 0 spiro atoms. The molecule has 1 fully saturated rings. The van der Waals surface area contributed by atoms with E-state index in [1.165, 1.54) is 5.38 Å². The molecule has 1 atom stereocenters. The zero-order valence-electron chi connectivity index (χ0n) is 10.5. The van der Waals surface area contributed by atoms with Crippen LogP contribution in [0.1, 0.15) is 28.3 Å². The van der Waals surface area contributed by atoms with E-state index in [1.807, 2.05) is 0 Å². The number of hydrogen-bond acceptors (Lipinski definition) is 5. The standard InChI is InChI=1S/C11H14N4O4S/c16-9-6(2-1-3-12-9)15-11(19)13-4-8-14-7(5-20-8)10(17)18/h5-6H,1-4H2,(H,12,16)(H,17,18)(H2,13,15,19). The second-order valence-electron chi connectivity index (χ2n) is 4.24. The van der Waals surface area contributed by atoms with Gasteiger partial charge in [0.2, 0.25) is 5.91 Å². The molecule has 4 N–H and O–H groups in total. The number of carboxylic acid groups (broad SMARTS) is 1. The highest BCUT2D eigenvalue weighted by atomic mass is 32.1. The smallest absolute Gasteiger partial charge is 0.355 e. The van der Waals surface area contributed by atoms with Crippen LogP contribution in [0.2, 0.25) is 0 Å². The van der Waals surface area contributed by atoms with E-state index in [0.717, 1.165) is 17.8 Å². The zero-order valence-corrected chi connectivity index (χ0v) is 11.3. The van der Waals surface area contributed by atoms with E-state index in [9.17, 15) is 14.4 Å². The predicted molar refractivity (Wildman–Crippen MR) is 70.5 cm³/mol. The molecule has 3 amide bonds. The molecule has 1 aliphatic rings. The number of urea groups is 1. The maximum absolute atomic E-state index is 11.6. The van der Waals surface area contributed by atoms with Crippen LogP contribution in [0.5, 0.6) is 0 Å². The molecule has 1 aliphatic heterocycles. The lowest BCUT2D eigenvalue weighted by atomic mass is 10.1. The molecule has 1 aromatic heterocycles. The van der Waals surface area contributed by atoms with Crippen molar-refractivity contribution in [2.75, 3.05) is 6.54 Å². The first-order chi connectivity index (χ1) is 9.56. The molecule has 0 bridgehead atoms. The Morgan fingerprint density at radius 2 is 2.35 bits per heavy atom. The molecule has 9 heteroatoms. The number of aromatic carboxylic acids is 1. The van der Waals surface area contributed by atoms with Crippen molar-refractivity contribution in [1.82, 2.24) is 20.9 Å². The van der Waals surface area contributed by atoms with Gasteiger partial charge in [-0.1, -0.05) is 0 Å². The van der Waals surface area contributed by atoms with Gasteiger partial charge >= 0.3 is 12.0 Å². The quantitative estimate of drug-likeness (QED) is 0.619. The Labute approximate surface area is 118 Å². The summed E-state index contributed by atoms with van der Waals surface area (Å²) in [6.45, 7) is 0.758. The molecule has 0 radical (unpaired) electrons. The number of rotatable bonds is 4. The molecule has 0 saturated carbocycles. The molecule has 2 heterocycles. The fourth-order valence-corrected chi connectivity index (χ4v) is 2.47. The average molecular weight is 298 g/mol. The van der Waals surface area contributed by atoms with E-state index in [0.29, 0.717) is 18.0 Å². The topological polar surface area (TPSA) is 120 Å². The first-order valence-electron chi connectivity index (χ1n) is 6.06. The fourth-order valence-electron chi connectivity index (χ4n) is 1.77. The number of amides is 3. The van der Waals surface area contributed by atoms with Crippen molar-refractivity contribution in [2.45, 2.75) is 25.4 Å². The molecule has 2 rings (SSSR count). The third-order valence-electron chi connectivity index (χ3n) is 2.76. The average Bonchev–Trinajstić information content (AvgIpc) is 2.88. The minimum atomic E-state index is -1.10. The lowest BCUT2D eigenvalue weighted by Crippen LogP contribution is -2.52. The number of piperidine rings is 1. The van der Waals surface area contributed by atoms with Crippen LogP contribution in [0, 0.1) is 0 Å². The maximum Gasteiger partial charge on any atom is 0.355 e. The summed E-state index contributed by atoms with van der Waals surface area (Å²) in [6.07, 6.45) is 1.44. The van der Waals surface area contributed by atoms with Gasteiger partial charge in [-0.15, -0.1) is 11.3 Å². The van der Waals surface area contributed by atoms with Crippen molar-refractivity contribution in [3.05, 3.63) is 16.1 Å². The molecular formula is C11H14N4O4S. The summed E-state index contributed by atoms with van der Waals surface area (Å²) in [7, 11) is 0. The van der Waals surface area contributed by atoms with Gasteiger partial charge in [0, 0.05) is 11.9 Å². The highest BCUT2D eigenvalue weighted by molar-refractivity contribution is 7.09.